The molecule has 1 fully saturated rings. The van der Waals surface area contributed by atoms with Gasteiger partial charge in [0.2, 0.25) is 5.89 Å². The van der Waals surface area contributed by atoms with E-state index in [0.717, 1.165) is 25.7 Å². The van der Waals surface area contributed by atoms with Crippen molar-refractivity contribution < 1.29 is 22.4 Å². The summed E-state index contributed by atoms with van der Waals surface area (Å²) in [7, 11) is 0. The topological polar surface area (TPSA) is 74.2 Å². The molecule has 0 aliphatic heterocycles. The molecule has 1 aliphatic rings. The predicted molar refractivity (Wildman–Crippen MR) is 68.4 cm³/mol. The molecule has 1 aromatic rings. The predicted octanol–water partition coefficient (Wildman–Crippen LogP) is 2.56. The van der Waals surface area contributed by atoms with E-state index in [9.17, 15) is 13.2 Å². The number of nitrogens with two attached hydrogens (primary N) is 1. The van der Waals surface area contributed by atoms with E-state index in [1.807, 2.05) is 0 Å². The number of halogens is 3. The Hall–Kier alpha value is -1.15. The smallest absolute Gasteiger partial charge is 0.372 e. The lowest BCUT2D eigenvalue weighted by atomic mass is 9.76. The summed E-state index contributed by atoms with van der Waals surface area (Å²) in [5.41, 5.74) is 5.74. The number of aromatic nitrogens is 2. The normalized spacial score (nSPS) is 27.0. The summed E-state index contributed by atoms with van der Waals surface area (Å²) >= 11 is 0. The first kappa shape index (κ1) is 16.2. The Kier molecular flexibility index (Phi) is 4.88. The van der Waals surface area contributed by atoms with Gasteiger partial charge < -0.3 is 15.0 Å². The van der Waals surface area contributed by atoms with Crippen molar-refractivity contribution in [2.45, 2.75) is 50.7 Å². The molecule has 21 heavy (non-hydrogen) atoms. The summed E-state index contributed by atoms with van der Waals surface area (Å²) in [6, 6.07) is 0. The molecule has 2 unspecified atom stereocenters. The largest absolute Gasteiger partial charge is 0.411 e. The number of ether oxygens (including phenoxy) is 1. The average molecular weight is 307 g/mol. The van der Waals surface area contributed by atoms with Crippen molar-refractivity contribution in [3.63, 3.8) is 0 Å². The van der Waals surface area contributed by atoms with E-state index in [0.29, 0.717) is 11.7 Å². The molecule has 1 aliphatic carbocycles. The average Bonchev–Trinajstić information content (AvgIpc) is 2.83. The number of nitrogens with zero attached hydrogens (tertiary/aromatic N) is 2. The van der Waals surface area contributed by atoms with Crippen LogP contribution in [0.4, 0.5) is 13.2 Å². The number of alkyl halides is 3. The zero-order valence-electron chi connectivity index (χ0n) is 11.9. The molecule has 1 saturated carbocycles. The first-order chi connectivity index (χ1) is 9.78. The van der Waals surface area contributed by atoms with Crippen molar-refractivity contribution >= 4 is 0 Å². The van der Waals surface area contributed by atoms with Gasteiger partial charge in [-0.3, -0.25) is 0 Å². The summed E-state index contributed by atoms with van der Waals surface area (Å²) < 4.78 is 45.3. The highest BCUT2D eigenvalue weighted by Gasteiger charge is 2.37. The van der Waals surface area contributed by atoms with Crippen molar-refractivity contribution in [1.29, 1.82) is 0 Å². The summed E-state index contributed by atoms with van der Waals surface area (Å²) in [6.07, 6.45) is -0.448. The molecule has 0 saturated heterocycles. The van der Waals surface area contributed by atoms with Crippen molar-refractivity contribution in [2.24, 2.45) is 11.7 Å². The van der Waals surface area contributed by atoms with Crippen LogP contribution in [0.2, 0.25) is 0 Å². The van der Waals surface area contributed by atoms with Gasteiger partial charge in [-0.05, 0) is 18.8 Å². The third kappa shape index (κ3) is 4.67. The van der Waals surface area contributed by atoms with Crippen molar-refractivity contribution in [1.82, 2.24) is 10.1 Å². The SMILES string of the molecule is CC1CCCC(N)(c2noc(CCOCC(F)(F)F)n2)C1. The number of hydrogen-bond donors (Lipinski definition) is 1. The van der Waals surface area contributed by atoms with E-state index < -0.39 is 18.3 Å². The second-order valence-electron chi connectivity index (χ2n) is 5.79. The second-order valence-corrected chi connectivity index (χ2v) is 5.79. The fourth-order valence-electron chi connectivity index (χ4n) is 2.70. The lowest BCUT2D eigenvalue weighted by molar-refractivity contribution is -0.173. The van der Waals surface area contributed by atoms with E-state index in [4.69, 9.17) is 10.3 Å². The molecule has 5 nitrogen and oxygen atoms in total. The van der Waals surface area contributed by atoms with E-state index in [2.05, 4.69) is 21.8 Å². The molecule has 0 radical (unpaired) electrons. The van der Waals surface area contributed by atoms with E-state index in [1.54, 1.807) is 0 Å². The van der Waals surface area contributed by atoms with Gasteiger partial charge in [-0.1, -0.05) is 24.9 Å². The van der Waals surface area contributed by atoms with Gasteiger partial charge in [0.05, 0.1) is 18.6 Å². The molecule has 1 aromatic heterocycles. The lowest BCUT2D eigenvalue weighted by Crippen LogP contribution is -2.42. The molecule has 2 atom stereocenters. The molecule has 0 aromatic carbocycles. The maximum absolute atomic E-state index is 11.9. The highest BCUT2D eigenvalue weighted by Crippen LogP contribution is 2.36. The van der Waals surface area contributed by atoms with Crippen molar-refractivity contribution in [3.05, 3.63) is 11.7 Å². The van der Waals surface area contributed by atoms with E-state index in [1.165, 1.54) is 0 Å². The molecule has 2 rings (SSSR count). The highest BCUT2D eigenvalue weighted by molar-refractivity contribution is 5.06. The molecule has 0 amide bonds. The highest BCUT2D eigenvalue weighted by atomic mass is 19.4. The van der Waals surface area contributed by atoms with Crippen LogP contribution in [0.15, 0.2) is 4.52 Å². The van der Waals surface area contributed by atoms with Crippen LogP contribution in [0.1, 0.15) is 44.3 Å². The first-order valence-corrected chi connectivity index (χ1v) is 7.05. The third-order valence-electron chi connectivity index (χ3n) is 3.67. The van der Waals surface area contributed by atoms with Crippen molar-refractivity contribution in [2.75, 3.05) is 13.2 Å². The van der Waals surface area contributed by atoms with Crippen LogP contribution in [0.25, 0.3) is 0 Å². The Morgan fingerprint density at radius 2 is 2.24 bits per heavy atom. The molecule has 8 heteroatoms. The van der Waals surface area contributed by atoms with Gasteiger partial charge in [0.1, 0.15) is 6.61 Å². The number of rotatable bonds is 5. The van der Waals surface area contributed by atoms with Gasteiger partial charge in [0.25, 0.3) is 0 Å². The Morgan fingerprint density at radius 3 is 2.90 bits per heavy atom. The van der Waals surface area contributed by atoms with Gasteiger partial charge in [-0.15, -0.1) is 0 Å². The van der Waals surface area contributed by atoms with Gasteiger partial charge in [-0.2, -0.15) is 18.2 Å². The molecule has 0 bridgehead atoms. The summed E-state index contributed by atoms with van der Waals surface area (Å²) in [4.78, 5) is 4.21. The van der Waals surface area contributed by atoms with Gasteiger partial charge in [0, 0.05) is 0 Å². The maximum Gasteiger partial charge on any atom is 0.411 e. The molecule has 120 valence electrons. The van der Waals surface area contributed by atoms with Crippen LogP contribution in [0.3, 0.4) is 0 Å². The van der Waals surface area contributed by atoms with Crippen molar-refractivity contribution in [3.8, 4) is 0 Å². The quantitative estimate of drug-likeness (QED) is 0.846. The standard InChI is InChI=1S/C13H20F3N3O2/c1-9-3-2-5-12(17,7-9)11-18-10(21-19-11)4-6-20-8-13(14,15)16/h9H,2-8,17H2,1H3. The van der Waals surface area contributed by atoms with E-state index in [-0.39, 0.29) is 18.9 Å². The number of hydrogen-bond acceptors (Lipinski definition) is 5. The molecule has 1 heterocycles. The fraction of sp³-hybridized carbons (Fsp3) is 0.846. The Morgan fingerprint density at radius 1 is 1.48 bits per heavy atom. The zero-order valence-corrected chi connectivity index (χ0v) is 11.9. The zero-order chi connectivity index (χ0) is 15.5. The summed E-state index contributed by atoms with van der Waals surface area (Å²) in [5.74, 6) is 1.20. The Balaban J connectivity index is 1.86. The monoisotopic (exact) mass is 307 g/mol. The molecule has 0 spiro atoms. The molecular weight excluding hydrogens is 287 g/mol. The second kappa shape index (κ2) is 6.31. The minimum Gasteiger partial charge on any atom is -0.372 e. The van der Waals surface area contributed by atoms with Crippen LogP contribution in [0, 0.1) is 5.92 Å². The van der Waals surface area contributed by atoms with Crippen LogP contribution >= 0.6 is 0 Å². The first-order valence-electron chi connectivity index (χ1n) is 7.05. The fourth-order valence-corrected chi connectivity index (χ4v) is 2.70. The lowest BCUT2D eigenvalue weighted by Gasteiger charge is -2.33. The van der Waals surface area contributed by atoms with Crippen LogP contribution in [0.5, 0.6) is 0 Å². The van der Waals surface area contributed by atoms with Crippen LogP contribution in [-0.4, -0.2) is 29.5 Å². The van der Waals surface area contributed by atoms with Crippen LogP contribution in [-0.2, 0) is 16.7 Å². The Bertz CT molecular complexity index is 464. The van der Waals surface area contributed by atoms with Gasteiger partial charge in [-0.25, -0.2) is 0 Å². The Labute approximate surface area is 121 Å². The summed E-state index contributed by atoms with van der Waals surface area (Å²) in [6.45, 7) is 0.744. The summed E-state index contributed by atoms with van der Waals surface area (Å²) in [5, 5.41) is 3.88. The minimum absolute atomic E-state index is 0.116. The third-order valence-corrected chi connectivity index (χ3v) is 3.67. The minimum atomic E-state index is -4.32. The molecular formula is C13H20F3N3O2. The van der Waals surface area contributed by atoms with E-state index >= 15 is 0 Å². The van der Waals surface area contributed by atoms with Gasteiger partial charge in [0.15, 0.2) is 5.82 Å². The maximum atomic E-state index is 11.9. The molecule has 2 N–H and O–H groups in total. The van der Waals surface area contributed by atoms with Gasteiger partial charge >= 0.3 is 6.18 Å². The van der Waals surface area contributed by atoms with Crippen LogP contribution < -0.4 is 5.73 Å².